The Bertz CT molecular complexity index is 1280. The Hall–Kier alpha value is -3.94. The van der Waals surface area contributed by atoms with Gasteiger partial charge in [0.05, 0.1) is 7.11 Å². The molecule has 0 unspecified atom stereocenters. The number of phenolic OH excluding ortho intramolecular Hbond substituents is 1. The fourth-order valence-corrected chi connectivity index (χ4v) is 3.97. The average molecular weight is 418 g/mol. The third kappa shape index (κ3) is 3.26. The van der Waals surface area contributed by atoms with E-state index in [-0.39, 0.29) is 5.75 Å². The molecule has 0 saturated heterocycles. The molecule has 5 rings (SSSR count). The predicted octanol–water partition coefficient (Wildman–Crippen LogP) is 4.24. The summed E-state index contributed by atoms with van der Waals surface area (Å²) >= 11 is 0. The maximum Gasteiger partial charge on any atom is 0.238 e. The van der Waals surface area contributed by atoms with Gasteiger partial charge in [0.15, 0.2) is 11.5 Å². The summed E-state index contributed by atoms with van der Waals surface area (Å²) in [7, 11) is 1.61. The zero-order valence-corrected chi connectivity index (χ0v) is 17.5. The van der Waals surface area contributed by atoms with Gasteiger partial charge in [-0.3, -0.25) is 0 Å². The topological polar surface area (TPSA) is 90.1 Å². The minimum absolute atomic E-state index is 0.222. The van der Waals surface area contributed by atoms with E-state index in [4.69, 9.17) is 19.2 Å². The number of nitrogens with zero attached hydrogens (tertiary/aromatic N) is 3. The van der Waals surface area contributed by atoms with Crippen molar-refractivity contribution >= 4 is 17.3 Å². The van der Waals surface area contributed by atoms with Crippen LogP contribution in [0.2, 0.25) is 0 Å². The smallest absolute Gasteiger partial charge is 0.238 e. The molecule has 0 aliphatic carbocycles. The lowest BCUT2D eigenvalue weighted by atomic mass is 9.99. The zero-order valence-electron chi connectivity index (χ0n) is 17.5. The van der Waals surface area contributed by atoms with E-state index in [9.17, 15) is 5.11 Å². The van der Waals surface area contributed by atoms with Gasteiger partial charge in [-0.2, -0.15) is 0 Å². The minimum atomic E-state index is 0.222. The fourth-order valence-electron chi connectivity index (χ4n) is 3.97. The zero-order chi connectivity index (χ0) is 21.5. The summed E-state index contributed by atoms with van der Waals surface area (Å²) in [4.78, 5) is 9.22. The average Bonchev–Trinajstić information content (AvgIpc) is 3.11. The molecule has 0 radical (unpaired) electrons. The molecular formula is C23H22N4O4. The summed E-state index contributed by atoms with van der Waals surface area (Å²) in [6.07, 6.45) is 1.66. The summed E-state index contributed by atoms with van der Waals surface area (Å²) in [6.45, 7) is 4.95. The number of imidazole rings is 1. The Labute approximate surface area is 179 Å². The lowest BCUT2D eigenvalue weighted by Gasteiger charge is -2.19. The molecule has 158 valence electrons. The Morgan fingerprint density at radius 2 is 1.77 bits per heavy atom. The normalized spacial score (nSPS) is 12.7. The molecule has 0 amide bonds. The molecule has 0 atom stereocenters. The van der Waals surface area contributed by atoms with E-state index in [1.165, 1.54) is 0 Å². The van der Waals surface area contributed by atoms with Crippen LogP contribution in [0.3, 0.4) is 0 Å². The van der Waals surface area contributed by atoms with E-state index >= 15 is 0 Å². The number of hydrogen-bond acceptors (Lipinski definition) is 7. The number of phenols is 1. The molecule has 1 aliphatic rings. The van der Waals surface area contributed by atoms with E-state index in [1.54, 1.807) is 31.5 Å². The summed E-state index contributed by atoms with van der Waals surface area (Å²) < 4.78 is 18.8. The Kier molecular flexibility index (Phi) is 4.54. The number of hydrogen-bond donors (Lipinski definition) is 2. The second kappa shape index (κ2) is 7.39. The molecule has 1 aliphatic heterocycles. The fraction of sp³-hybridized carbons (Fsp3) is 0.217. The maximum atomic E-state index is 10.0. The third-order valence-corrected chi connectivity index (χ3v) is 5.26. The van der Waals surface area contributed by atoms with Crippen molar-refractivity contribution in [3.05, 3.63) is 53.7 Å². The molecule has 3 heterocycles. The number of benzene rings is 2. The van der Waals surface area contributed by atoms with Gasteiger partial charge in [-0.15, -0.1) is 0 Å². The van der Waals surface area contributed by atoms with Gasteiger partial charge < -0.3 is 24.6 Å². The second-order valence-electron chi connectivity index (χ2n) is 7.37. The van der Waals surface area contributed by atoms with Gasteiger partial charge in [0.25, 0.3) is 0 Å². The molecule has 8 heteroatoms. The van der Waals surface area contributed by atoms with Crippen LogP contribution in [0.5, 0.6) is 23.1 Å². The number of ether oxygens (including phenoxy) is 3. The van der Waals surface area contributed by atoms with Crippen molar-refractivity contribution in [3.63, 3.8) is 0 Å². The van der Waals surface area contributed by atoms with Crippen molar-refractivity contribution in [3.8, 4) is 34.4 Å². The van der Waals surface area contributed by atoms with Gasteiger partial charge in [-0.25, -0.2) is 14.4 Å². The summed E-state index contributed by atoms with van der Waals surface area (Å²) in [5, 5.41) is 13.5. The first-order chi connectivity index (χ1) is 15.0. The second-order valence-corrected chi connectivity index (χ2v) is 7.37. The van der Waals surface area contributed by atoms with Crippen LogP contribution >= 0.6 is 0 Å². The maximum absolute atomic E-state index is 10.0. The third-order valence-electron chi connectivity index (χ3n) is 5.26. The van der Waals surface area contributed by atoms with Crippen LogP contribution in [0.1, 0.15) is 11.1 Å². The number of aromatic nitrogens is 3. The van der Waals surface area contributed by atoms with E-state index in [0.29, 0.717) is 42.1 Å². The SMILES string of the molecule is COc1ccnc2nc(-c3c(C)cc(O)cc3C)c(Nc3ccc4c(c3)OCCO4)n12. The minimum Gasteiger partial charge on any atom is -0.508 e. The highest BCUT2D eigenvalue weighted by molar-refractivity contribution is 5.83. The molecule has 4 aromatic rings. The first-order valence-corrected chi connectivity index (χ1v) is 9.94. The lowest BCUT2D eigenvalue weighted by Crippen LogP contribution is -2.15. The summed E-state index contributed by atoms with van der Waals surface area (Å²) in [6, 6.07) is 10.9. The highest BCUT2D eigenvalue weighted by atomic mass is 16.6. The summed E-state index contributed by atoms with van der Waals surface area (Å²) in [5.41, 5.74) is 4.26. The Balaban J connectivity index is 1.72. The van der Waals surface area contributed by atoms with Crippen molar-refractivity contribution in [2.24, 2.45) is 0 Å². The molecule has 8 nitrogen and oxygen atoms in total. The number of aryl methyl sites for hydroxylation is 2. The molecule has 0 bridgehead atoms. The van der Waals surface area contributed by atoms with Crippen molar-refractivity contribution < 1.29 is 19.3 Å². The number of aromatic hydroxyl groups is 1. The molecule has 2 aromatic carbocycles. The van der Waals surface area contributed by atoms with E-state index in [0.717, 1.165) is 28.1 Å². The van der Waals surface area contributed by atoms with Gasteiger partial charge in [-0.1, -0.05) is 0 Å². The van der Waals surface area contributed by atoms with Crippen molar-refractivity contribution in [2.75, 3.05) is 25.6 Å². The van der Waals surface area contributed by atoms with Crippen LogP contribution in [0, 0.1) is 13.8 Å². The largest absolute Gasteiger partial charge is 0.508 e. The van der Waals surface area contributed by atoms with Gasteiger partial charge in [0.1, 0.15) is 30.5 Å². The van der Waals surface area contributed by atoms with Gasteiger partial charge >= 0.3 is 0 Å². The Morgan fingerprint density at radius 3 is 2.52 bits per heavy atom. The molecule has 2 N–H and O–H groups in total. The van der Waals surface area contributed by atoms with E-state index in [2.05, 4.69) is 10.3 Å². The summed E-state index contributed by atoms with van der Waals surface area (Å²) in [5.74, 6) is 3.43. The van der Waals surface area contributed by atoms with Gasteiger partial charge in [0.2, 0.25) is 11.7 Å². The van der Waals surface area contributed by atoms with Crippen LogP contribution in [-0.4, -0.2) is 39.8 Å². The van der Waals surface area contributed by atoms with Gasteiger partial charge in [-0.05, 0) is 49.2 Å². The number of rotatable bonds is 4. The molecule has 31 heavy (non-hydrogen) atoms. The van der Waals surface area contributed by atoms with Crippen LogP contribution in [0.25, 0.3) is 17.0 Å². The van der Waals surface area contributed by atoms with Crippen LogP contribution in [0.15, 0.2) is 42.6 Å². The lowest BCUT2D eigenvalue weighted by molar-refractivity contribution is 0.171. The number of nitrogens with one attached hydrogen (secondary N) is 1. The highest BCUT2D eigenvalue weighted by Gasteiger charge is 2.22. The van der Waals surface area contributed by atoms with Crippen LogP contribution in [0.4, 0.5) is 11.5 Å². The Morgan fingerprint density at radius 1 is 1.03 bits per heavy atom. The van der Waals surface area contributed by atoms with Crippen molar-refractivity contribution in [2.45, 2.75) is 13.8 Å². The number of methoxy groups -OCH3 is 1. The predicted molar refractivity (Wildman–Crippen MR) is 117 cm³/mol. The molecule has 0 saturated carbocycles. The highest BCUT2D eigenvalue weighted by Crippen LogP contribution is 2.39. The van der Waals surface area contributed by atoms with E-state index in [1.807, 2.05) is 36.4 Å². The monoisotopic (exact) mass is 418 g/mol. The first kappa shape index (κ1) is 19.0. The molecule has 2 aromatic heterocycles. The van der Waals surface area contributed by atoms with Crippen molar-refractivity contribution in [1.82, 2.24) is 14.4 Å². The molecule has 0 spiro atoms. The van der Waals surface area contributed by atoms with Crippen LogP contribution in [-0.2, 0) is 0 Å². The molecule has 0 fully saturated rings. The number of anilines is 2. The number of fused-ring (bicyclic) bond motifs is 2. The van der Waals surface area contributed by atoms with Gasteiger partial charge in [0, 0.05) is 29.6 Å². The first-order valence-electron chi connectivity index (χ1n) is 9.94. The molecular weight excluding hydrogens is 396 g/mol. The van der Waals surface area contributed by atoms with Crippen molar-refractivity contribution in [1.29, 1.82) is 0 Å². The van der Waals surface area contributed by atoms with Crippen LogP contribution < -0.4 is 19.5 Å². The van der Waals surface area contributed by atoms with E-state index < -0.39 is 0 Å². The quantitative estimate of drug-likeness (QED) is 0.512. The standard InChI is InChI=1S/C23H22N4O4/c1-13-10-16(28)11-14(2)20(13)21-22(27-19(29-3)6-7-24-23(27)26-21)25-15-4-5-17-18(12-15)31-9-8-30-17/h4-7,10-12,25,28H,8-9H2,1-3H3.